The maximum Gasteiger partial charge on any atom is 0.243 e. The molecule has 0 radical (unpaired) electrons. The highest BCUT2D eigenvalue weighted by atomic mass is 35.5. The van der Waals surface area contributed by atoms with Gasteiger partial charge in [-0.05, 0) is 54.8 Å². The Morgan fingerprint density at radius 3 is 2.32 bits per heavy atom. The van der Waals surface area contributed by atoms with Gasteiger partial charge in [0.2, 0.25) is 10.0 Å². The van der Waals surface area contributed by atoms with E-state index in [0.29, 0.717) is 22.2 Å². The van der Waals surface area contributed by atoms with Gasteiger partial charge in [0.05, 0.1) is 18.0 Å². The molecule has 3 rings (SSSR count). The zero-order chi connectivity index (χ0) is 17.9. The van der Waals surface area contributed by atoms with E-state index in [4.69, 9.17) is 16.3 Å². The molecule has 1 heterocycles. The van der Waals surface area contributed by atoms with Crippen LogP contribution in [0.25, 0.3) is 0 Å². The van der Waals surface area contributed by atoms with Crippen molar-refractivity contribution in [3.05, 3.63) is 59.1 Å². The zero-order valence-corrected chi connectivity index (χ0v) is 15.8. The summed E-state index contributed by atoms with van der Waals surface area (Å²) in [6.45, 7) is 0.529. The fourth-order valence-corrected chi connectivity index (χ4v) is 5.08. The second kappa shape index (κ2) is 7.77. The van der Waals surface area contributed by atoms with Crippen molar-refractivity contribution in [1.82, 2.24) is 4.31 Å². The van der Waals surface area contributed by atoms with Crippen molar-refractivity contribution in [3.63, 3.8) is 0 Å². The lowest BCUT2D eigenvalue weighted by Gasteiger charge is -2.29. The van der Waals surface area contributed by atoms with Crippen LogP contribution < -0.4 is 4.74 Å². The Balaban J connectivity index is 1.98. The van der Waals surface area contributed by atoms with Gasteiger partial charge >= 0.3 is 0 Å². The molecule has 0 bridgehead atoms. The van der Waals surface area contributed by atoms with Gasteiger partial charge in [-0.3, -0.25) is 0 Å². The number of nitrogens with zero attached hydrogens (tertiary/aromatic N) is 1. The fourth-order valence-electron chi connectivity index (χ4n) is 3.27. The lowest BCUT2D eigenvalue weighted by molar-refractivity contribution is 0.329. The summed E-state index contributed by atoms with van der Waals surface area (Å²) >= 11 is 5.99. The van der Waals surface area contributed by atoms with Gasteiger partial charge in [0.15, 0.2) is 0 Å². The Kier molecular flexibility index (Phi) is 5.67. The second-order valence-electron chi connectivity index (χ2n) is 6.21. The molecule has 25 heavy (non-hydrogen) atoms. The Bertz CT molecular complexity index is 804. The molecular weight excluding hydrogens is 358 g/mol. The van der Waals surface area contributed by atoms with Crippen LogP contribution in [0.4, 0.5) is 0 Å². The van der Waals surface area contributed by atoms with Gasteiger partial charge in [-0.2, -0.15) is 4.31 Å². The molecule has 0 saturated carbocycles. The number of rotatable bonds is 4. The van der Waals surface area contributed by atoms with E-state index < -0.39 is 10.0 Å². The third kappa shape index (κ3) is 4.00. The van der Waals surface area contributed by atoms with Gasteiger partial charge in [-0.25, -0.2) is 8.42 Å². The molecule has 0 unspecified atom stereocenters. The third-order valence-corrected chi connectivity index (χ3v) is 6.80. The topological polar surface area (TPSA) is 46.6 Å². The molecule has 0 amide bonds. The van der Waals surface area contributed by atoms with E-state index >= 15 is 0 Å². The summed E-state index contributed by atoms with van der Waals surface area (Å²) in [4.78, 5) is 0.300. The molecule has 0 aromatic heterocycles. The summed E-state index contributed by atoms with van der Waals surface area (Å²) in [7, 11) is -2.01. The van der Waals surface area contributed by atoms with Crippen LogP contribution in [0.5, 0.6) is 5.75 Å². The highest BCUT2D eigenvalue weighted by molar-refractivity contribution is 7.89. The summed E-state index contributed by atoms with van der Waals surface area (Å²) in [6, 6.07) is 13.9. The molecule has 1 aliphatic heterocycles. The number of ether oxygens (including phenoxy) is 1. The molecular formula is C19H22ClNO3S. The van der Waals surface area contributed by atoms with Crippen molar-refractivity contribution in [3.8, 4) is 5.75 Å². The lowest BCUT2D eigenvalue weighted by atomic mass is 10.0. The number of sulfonamides is 1. The Hall–Kier alpha value is -1.56. The lowest BCUT2D eigenvalue weighted by Crippen LogP contribution is -2.34. The van der Waals surface area contributed by atoms with Crippen molar-refractivity contribution < 1.29 is 13.2 Å². The van der Waals surface area contributed by atoms with Crippen molar-refractivity contribution in [2.75, 3.05) is 13.7 Å². The smallest absolute Gasteiger partial charge is 0.243 e. The maximum absolute atomic E-state index is 13.2. The summed E-state index contributed by atoms with van der Waals surface area (Å²) in [5.74, 6) is 0.643. The quantitative estimate of drug-likeness (QED) is 0.776. The standard InChI is InChI=1S/C19H22ClNO3S/c1-24-17-10-12-18(13-11-17)25(22,23)21-14-4-2-3-5-19(21)15-6-8-16(20)9-7-15/h6-13,19H,2-5,14H2,1H3/t19-/m1/s1. The predicted molar refractivity (Wildman–Crippen MR) is 99.5 cm³/mol. The van der Waals surface area contributed by atoms with Gasteiger partial charge in [0, 0.05) is 11.6 Å². The molecule has 1 atom stereocenters. The minimum Gasteiger partial charge on any atom is -0.497 e. The van der Waals surface area contributed by atoms with E-state index in [-0.39, 0.29) is 6.04 Å². The molecule has 0 aliphatic carbocycles. The molecule has 134 valence electrons. The number of hydrogen-bond donors (Lipinski definition) is 0. The van der Waals surface area contributed by atoms with Crippen LogP contribution in [-0.4, -0.2) is 26.4 Å². The van der Waals surface area contributed by atoms with Crippen LogP contribution in [0, 0.1) is 0 Å². The van der Waals surface area contributed by atoms with Crippen molar-refractivity contribution >= 4 is 21.6 Å². The summed E-state index contributed by atoms with van der Waals surface area (Å²) in [6.07, 6.45) is 3.75. The Morgan fingerprint density at radius 2 is 1.68 bits per heavy atom. The van der Waals surface area contributed by atoms with E-state index in [2.05, 4.69) is 0 Å². The second-order valence-corrected chi connectivity index (χ2v) is 8.53. The van der Waals surface area contributed by atoms with Crippen LogP contribution in [0.1, 0.15) is 37.3 Å². The van der Waals surface area contributed by atoms with E-state index in [9.17, 15) is 8.42 Å². The van der Waals surface area contributed by atoms with Crippen molar-refractivity contribution in [2.24, 2.45) is 0 Å². The monoisotopic (exact) mass is 379 g/mol. The Labute approximate surface area is 154 Å². The molecule has 1 saturated heterocycles. The van der Waals surface area contributed by atoms with Gasteiger partial charge in [0.1, 0.15) is 5.75 Å². The minimum absolute atomic E-state index is 0.160. The van der Waals surface area contributed by atoms with E-state index in [1.165, 1.54) is 0 Å². The SMILES string of the molecule is COc1ccc(S(=O)(=O)N2CCCCC[C@@H]2c2ccc(Cl)cc2)cc1. The van der Waals surface area contributed by atoms with E-state index in [0.717, 1.165) is 31.2 Å². The normalized spacial score (nSPS) is 19.4. The van der Waals surface area contributed by atoms with Gasteiger partial charge < -0.3 is 4.74 Å². The molecule has 0 N–H and O–H groups in total. The molecule has 1 aliphatic rings. The number of benzene rings is 2. The molecule has 2 aromatic carbocycles. The average Bonchev–Trinajstić information content (AvgIpc) is 2.89. The molecule has 1 fully saturated rings. The van der Waals surface area contributed by atoms with Crippen LogP contribution in [0.2, 0.25) is 5.02 Å². The van der Waals surface area contributed by atoms with Gasteiger partial charge in [-0.1, -0.05) is 36.6 Å². The highest BCUT2D eigenvalue weighted by Crippen LogP contribution is 2.35. The van der Waals surface area contributed by atoms with Gasteiger partial charge in [0.25, 0.3) is 0 Å². The average molecular weight is 380 g/mol. The zero-order valence-electron chi connectivity index (χ0n) is 14.2. The van der Waals surface area contributed by atoms with Crippen LogP contribution in [0.15, 0.2) is 53.4 Å². The molecule has 4 nitrogen and oxygen atoms in total. The third-order valence-electron chi connectivity index (χ3n) is 4.62. The summed E-state index contributed by atoms with van der Waals surface area (Å²) in [5, 5.41) is 0.655. The van der Waals surface area contributed by atoms with Crippen LogP contribution in [-0.2, 0) is 10.0 Å². The summed E-state index contributed by atoms with van der Waals surface area (Å²) in [5.41, 5.74) is 0.989. The maximum atomic E-state index is 13.2. The van der Waals surface area contributed by atoms with Crippen molar-refractivity contribution in [1.29, 1.82) is 0 Å². The molecule has 6 heteroatoms. The first-order chi connectivity index (χ1) is 12.0. The van der Waals surface area contributed by atoms with Gasteiger partial charge in [-0.15, -0.1) is 0 Å². The number of halogens is 1. The number of hydrogen-bond acceptors (Lipinski definition) is 3. The van der Waals surface area contributed by atoms with Crippen LogP contribution >= 0.6 is 11.6 Å². The fraction of sp³-hybridized carbons (Fsp3) is 0.368. The predicted octanol–water partition coefficient (Wildman–Crippen LogP) is 4.65. The first-order valence-corrected chi connectivity index (χ1v) is 10.3. The first kappa shape index (κ1) is 18.2. The molecule has 0 spiro atoms. The minimum atomic E-state index is -3.57. The molecule has 2 aromatic rings. The van der Waals surface area contributed by atoms with Crippen LogP contribution in [0.3, 0.4) is 0 Å². The summed E-state index contributed by atoms with van der Waals surface area (Å²) < 4.78 is 33.3. The largest absolute Gasteiger partial charge is 0.497 e. The highest BCUT2D eigenvalue weighted by Gasteiger charge is 2.33. The van der Waals surface area contributed by atoms with E-state index in [1.807, 2.05) is 24.3 Å². The first-order valence-electron chi connectivity index (χ1n) is 8.44. The number of methoxy groups -OCH3 is 1. The van der Waals surface area contributed by atoms with Crippen molar-refractivity contribution in [2.45, 2.75) is 36.6 Å². The van der Waals surface area contributed by atoms with E-state index in [1.54, 1.807) is 35.7 Å². The Morgan fingerprint density at radius 1 is 1.00 bits per heavy atom.